The minimum atomic E-state index is 0.511. The first kappa shape index (κ1) is 15.0. The number of nitrogens with zero attached hydrogens (tertiary/aromatic N) is 1. The number of halogens is 1. The largest absolute Gasteiger partial charge is 0.488 e. The molecule has 4 heteroatoms. The fourth-order valence-electron chi connectivity index (χ4n) is 2.66. The van der Waals surface area contributed by atoms with Crippen molar-refractivity contribution >= 4 is 27.0 Å². The third kappa shape index (κ3) is 3.05. The second-order valence-electron chi connectivity index (χ2n) is 5.52. The van der Waals surface area contributed by atoms with Crippen molar-refractivity contribution in [2.24, 2.45) is 0 Å². The summed E-state index contributed by atoms with van der Waals surface area (Å²) in [5, 5.41) is 0. The van der Waals surface area contributed by atoms with E-state index in [-0.39, 0.29) is 0 Å². The van der Waals surface area contributed by atoms with Gasteiger partial charge in [-0.3, -0.25) is 0 Å². The van der Waals surface area contributed by atoms with Gasteiger partial charge in [-0.2, -0.15) is 0 Å². The number of benzene rings is 3. The summed E-state index contributed by atoms with van der Waals surface area (Å²) < 4.78 is 7.10. The van der Waals surface area contributed by atoms with Crippen LogP contribution in [-0.2, 0) is 6.61 Å². The Morgan fingerprint density at radius 2 is 1.75 bits per heavy atom. The number of aromatic nitrogens is 2. The van der Waals surface area contributed by atoms with Gasteiger partial charge < -0.3 is 9.72 Å². The predicted octanol–water partition coefficient (Wildman–Crippen LogP) is 5.57. The molecule has 24 heavy (non-hydrogen) atoms. The molecule has 0 saturated carbocycles. The Labute approximate surface area is 148 Å². The molecule has 0 bridgehead atoms. The van der Waals surface area contributed by atoms with E-state index in [1.807, 2.05) is 60.7 Å². The van der Waals surface area contributed by atoms with Crippen LogP contribution in [0.4, 0.5) is 0 Å². The fourth-order valence-corrected chi connectivity index (χ4v) is 3.10. The van der Waals surface area contributed by atoms with Crippen LogP contribution in [0, 0.1) is 0 Å². The molecule has 3 nitrogen and oxygen atoms in total. The third-order valence-corrected chi connectivity index (χ3v) is 4.31. The van der Waals surface area contributed by atoms with Gasteiger partial charge in [0.05, 0.1) is 16.6 Å². The van der Waals surface area contributed by atoms with Gasteiger partial charge in [0.1, 0.15) is 18.2 Å². The molecule has 0 aliphatic heterocycles. The van der Waals surface area contributed by atoms with Crippen molar-refractivity contribution in [1.29, 1.82) is 0 Å². The molecule has 0 amide bonds. The molecule has 0 unspecified atom stereocenters. The summed E-state index contributed by atoms with van der Waals surface area (Å²) in [6.07, 6.45) is 0. The van der Waals surface area contributed by atoms with Crippen LogP contribution in [0.5, 0.6) is 5.75 Å². The third-order valence-electron chi connectivity index (χ3n) is 3.81. The number of hydrogen-bond acceptors (Lipinski definition) is 2. The Morgan fingerprint density at radius 1 is 0.917 bits per heavy atom. The summed E-state index contributed by atoms with van der Waals surface area (Å²) >= 11 is 3.49. The topological polar surface area (TPSA) is 37.9 Å². The number of imidazole rings is 1. The van der Waals surface area contributed by atoms with Crippen molar-refractivity contribution in [3.8, 4) is 17.1 Å². The lowest BCUT2D eigenvalue weighted by molar-refractivity contribution is 0.307. The highest BCUT2D eigenvalue weighted by Gasteiger charge is 2.10. The highest BCUT2D eigenvalue weighted by Crippen LogP contribution is 2.30. The van der Waals surface area contributed by atoms with Gasteiger partial charge >= 0.3 is 0 Å². The maximum absolute atomic E-state index is 6.05. The van der Waals surface area contributed by atoms with Crippen LogP contribution in [0.25, 0.3) is 22.4 Å². The lowest BCUT2D eigenvalue weighted by atomic mass is 10.2. The molecule has 0 radical (unpaired) electrons. The molecule has 0 spiro atoms. The number of nitrogens with one attached hydrogen (secondary N) is 1. The van der Waals surface area contributed by atoms with Gasteiger partial charge in [0.25, 0.3) is 0 Å². The SMILES string of the molecule is Brc1cccc(COc2ccccc2-c2nc3ccccc3[nH]2)c1. The monoisotopic (exact) mass is 378 g/mol. The van der Waals surface area contributed by atoms with E-state index in [4.69, 9.17) is 4.74 Å². The van der Waals surface area contributed by atoms with Gasteiger partial charge in [-0.25, -0.2) is 4.98 Å². The van der Waals surface area contributed by atoms with E-state index < -0.39 is 0 Å². The first-order valence-electron chi connectivity index (χ1n) is 7.71. The van der Waals surface area contributed by atoms with Gasteiger partial charge in [0, 0.05) is 4.47 Å². The first-order chi connectivity index (χ1) is 11.8. The summed E-state index contributed by atoms with van der Waals surface area (Å²) in [5.41, 5.74) is 4.05. The molecule has 118 valence electrons. The molecule has 0 saturated heterocycles. The molecule has 0 atom stereocenters. The molecule has 1 N–H and O–H groups in total. The average Bonchev–Trinajstić information content (AvgIpc) is 3.04. The molecule has 3 aromatic carbocycles. The van der Waals surface area contributed by atoms with E-state index in [1.54, 1.807) is 0 Å². The molecular weight excluding hydrogens is 364 g/mol. The Hall–Kier alpha value is -2.59. The van der Waals surface area contributed by atoms with Gasteiger partial charge in [-0.1, -0.05) is 52.3 Å². The Bertz CT molecular complexity index is 961. The van der Waals surface area contributed by atoms with Crippen LogP contribution in [-0.4, -0.2) is 9.97 Å². The summed E-state index contributed by atoms with van der Waals surface area (Å²) in [5.74, 6) is 1.64. The van der Waals surface area contributed by atoms with E-state index in [0.29, 0.717) is 6.61 Å². The highest BCUT2D eigenvalue weighted by molar-refractivity contribution is 9.10. The number of hydrogen-bond donors (Lipinski definition) is 1. The second-order valence-corrected chi connectivity index (χ2v) is 6.43. The minimum absolute atomic E-state index is 0.511. The molecule has 0 aliphatic carbocycles. The Morgan fingerprint density at radius 3 is 2.62 bits per heavy atom. The maximum atomic E-state index is 6.05. The van der Waals surface area contributed by atoms with Crippen molar-refractivity contribution in [1.82, 2.24) is 9.97 Å². The van der Waals surface area contributed by atoms with E-state index in [2.05, 4.69) is 38.0 Å². The molecular formula is C20H15BrN2O. The van der Waals surface area contributed by atoms with Crippen LogP contribution < -0.4 is 4.74 Å². The van der Waals surface area contributed by atoms with Gasteiger partial charge in [-0.05, 0) is 42.0 Å². The number of rotatable bonds is 4. The van der Waals surface area contributed by atoms with Crippen LogP contribution >= 0.6 is 15.9 Å². The fraction of sp³-hybridized carbons (Fsp3) is 0.0500. The number of H-pyrrole nitrogens is 1. The van der Waals surface area contributed by atoms with Crippen LogP contribution in [0.3, 0.4) is 0 Å². The first-order valence-corrected chi connectivity index (χ1v) is 8.50. The highest BCUT2D eigenvalue weighted by atomic mass is 79.9. The zero-order valence-electron chi connectivity index (χ0n) is 12.9. The van der Waals surface area contributed by atoms with Crippen LogP contribution in [0.1, 0.15) is 5.56 Å². The van der Waals surface area contributed by atoms with Gasteiger partial charge in [-0.15, -0.1) is 0 Å². The summed E-state index contributed by atoms with van der Waals surface area (Å²) in [6, 6.07) is 24.1. The lowest BCUT2D eigenvalue weighted by Crippen LogP contribution is -1.97. The van der Waals surface area contributed by atoms with Crippen LogP contribution in [0.15, 0.2) is 77.3 Å². The molecule has 4 aromatic rings. The predicted molar refractivity (Wildman–Crippen MR) is 100 cm³/mol. The van der Waals surface area contributed by atoms with Gasteiger partial charge in [0.2, 0.25) is 0 Å². The Kier molecular flexibility index (Phi) is 4.05. The summed E-state index contributed by atoms with van der Waals surface area (Å²) in [7, 11) is 0. The van der Waals surface area contributed by atoms with Crippen LogP contribution in [0.2, 0.25) is 0 Å². The molecule has 4 rings (SSSR count). The quantitative estimate of drug-likeness (QED) is 0.503. The number of para-hydroxylation sites is 3. The average molecular weight is 379 g/mol. The zero-order chi connectivity index (χ0) is 16.4. The van der Waals surface area contributed by atoms with E-state index >= 15 is 0 Å². The summed E-state index contributed by atoms with van der Waals surface area (Å²) in [4.78, 5) is 8.03. The van der Waals surface area contributed by atoms with Crippen molar-refractivity contribution in [2.45, 2.75) is 6.61 Å². The zero-order valence-corrected chi connectivity index (χ0v) is 14.5. The standard InChI is InChI=1S/C20H15BrN2O/c21-15-7-5-6-14(12-15)13-24-19-11-4-1-8-16(19)20-22-17-9-2-3-10-18(17)23-20/h1-12H,13H2,(H,22,23). The van der Waals surface area contributed by atoms with E-state index in [9.17, 15) is 0 Å². The molecule has 0 aliphatic rings. The summed E-state index contributed by atoms with van der Waals surface area (Å²) in [6.45, 7) is 0.511. The lowest BCUT2D eigenvalue weighted by Gasteiger charge is -2.10. The smallest absolute Gasteiger partial charge is 0.142 e. The van der Waals surface area contributed by atoms with E-state index in [0.717, 1.165) is 38.2 Å². The number of fused-ring (bicyclic) bond motifs is 1. The van der Waals surface area contributed by atoms with E-state index in [1.165, 1.54) is 0 Å². The van der Waals surface area contributed by atoms with Crippen molar-refractivity contribution in [2.75, 3.05) is 0 Å². The molecule has 1 aromatic heterocycles. The second kappa shape index (κ2) is 6.49. The maximum Gasteiger partial charge on any atom is 0.142 e. The molecule has 0 fully saturated rings. The normalized spacial score (nSPS) is 10.9. The molecule has 1 heterocycles. The number of ether oxygens (including phenoxy) is 1. The van der Waals surface area contributed by atoms with Crippen molar-refractivity contribution in [3.63, 3.8) is 0 Å². The van der Waals surface area contributed by atoms with Gasteiger partial charge in [0.15, 0.2) is 0 Å². The van der Waals surface area contributed by atoms with Crippen molar-refractivity contribution in [3.05, 3.63) is 82.8 Å². The minimum Gasteiger partial charge on any atom is -0.488 e. The Balaban J connectivity index is 1.65. The van der Waals surface area contributed by atoms with Crippen molar-refractivity contribution < 1.29 is 4.74 Å². The number of aromatic amines is 1.